The third-order valence-corrected chi connectivity index (χ3v) is 5.54. The Morgan fingerprint density at radius 2 is 1.67 bits per heavy atom. The minimum absolute atomic E-state index is 0.403. The monoisotopic (exact) mass is 353 g/mol. The fourth-order valence-corrected chi connectivity index (χ4v) is 4.09. The van der Waals surface area contributed by atoms with E-state index in [1.807, 2.05) is 7.05 Å². The predicted octanol–water partition coefficient (Wildman–Crippen LogP) is 5.33. The Hall–Kier alpha value is -0.640. The first-order chi connectivity index (χ1) is 9.93. The molecule has 1 aromatic heterocycles. The lowest BCUT2D eigenvalue weighted by Gasteiger charge is -2.30. The van der Waals surface area contributed by atoms with Gasteiger partial charge in [-0.05, 0) is 59.4 Å². The standard InChI is InChI=1S/C17H28BrN3/c1-10(2)12-6-8-13(9-7-12)16-20-15(11(3)4)14(18)17(19-5)21-16/h10-13H,6-9H2,1-5H3,(H,19,20,21). The van der Waals surface area contributed by atoms with E-state index in [0.29, 0.717) is 11.8 Å². The molecular formula is C17H28BrN3. The summed E-state index contributed by atoms with van der Waals surface area (Å²) in [7, 11) is 1.93. The maximum absolute atomic E-state index is 4.88. The number of rotatable bonds is 4. The van der Waals surface area contributed by atoms with E-state index < -0.39 is 0 Å². The van der Waals surface area contributed by atoms with E-state index in [9.17, 15) is 0 Å². The lowest BCUT2D eigenvalue weighted by molar-refractivity contribution is 0.254. The molecule has 0 radical (unpaired) electrons. The number of anilines is 1. The van der Waals surface area contributed by atoms with Gasteiger partial charge >= 0.3 is 0 Å². The van der Waals surface area contributed by atoms with Gasteiger partial charge in [0.05, 0.1) is 10.2 Å². The molecule has 0 aliphatic heterocycles. The minimum atomic E-state index is 0.403. The van der Waals surface area contributed by atoms with E-state index in [1.54, 1.807) is 0 Å². The summed E-state index contributed by atoms with van der Waals surface area (Å²) in [6, 6.07) is 0. The van der Waals surface area contributed by atoms with Gasteiger partial charge in [-0.25, -0.2) is 9.97 Å². The van der Waals surface area contributed by atoms with Crippen molar-refractivity contribution in [2.75, 3.05) is 12.4 Å². The van der Waals surface area contributed by atoms with Gasteiger partial charge in [0.2, 0.25) is 0 Å². The molecule has 0 bridgehead atoms. The molecule has 1 aromatic rings. The predicted molar refractivity (Wildman–Crippen MR) is 92.9 cm³/mol. The molecule has 0 atom stereocenters. The zero-order chi connectivity index (χ0) is 15.6. The zero-order valence-corrected chi connectivity index (χ0v) is 15.5. The van der Waals surface area contributed by atoms with E-state index >= 15 is 0 Å². The van der Waals surface area contributed by atoms with Gasteiger partial charge in [-0.3, -0.25) is 0 Å². The summed E-state index contributed by atoms with van der Waals surface area (Å²) in [5.74, 6) is 4.57. The van der Waals surface area contributed by atoms with E-state index in [-0.39, 0.29) is 0 Å². The van der Waals surface area contributed by atoms with Gasteiger partial charge in [-0.1, -0.05) is 27.7 Å². The molecule has 1 fully saturated rings. The Morgan fingerprint density at radius 1 is 1.05 bits per heavy atom. The quantitative estimate of drug-likeness (QED) is 0.794. The molecule has 1 aliphatic carbocycles. The lowest BCUT2D eigenvalue weighted by Crippen LogP contribution is -2.20. The van der Waals surface area contributed by atoms with Crippen LogP contribution >= 0.6 is 15.9 Å². The van der Waals surface area contributed by atoms with Gasteiger partial charge in [0, 0.05) is 13.0 Å². The molecule has 0 unspecified atom stereocenters. The van der Waals surface area contributed by atoms with Gasteiger partial charge in [-0.15, -0.1) is 0 Å². The Morgan fingerprint density at radius 3 is 2.14 bits per heavy atom. The van der Waals surface area contributed by atoms with Crippen LogP contribution in [0.25, 0.3) is 0 Å². The highest BCUT2D eigenvalue weighted by Crippen LogP contribution is 2.39. The Bertz CT molecular complexity index is 477. The average Bonchev–Trinajstić information content (AvgIpc) is 2.47. The fourth-order valence-electron chi connectivity index (χ4n) is 3.26. The van der Waals surface area contributed by atoms with Crippen LogP contribution in [0, 0.1) is 11.8 Å². The molecule has 0 spiro atoms. The Balaban J connectivity index is 2.22. The van der Waals surface area contributed by atoms with Gasteiger partial charge in [-0.2, -0.15) is 0 Å². The second-order valence-electron chi connectivity index (χ2n) is 6.89. The van der Waals surface area contributed by atoms with Crippen molar-refractivity contribution in [1.29, 1.82) is 0 Å². The molecule has 0 amide bonds. The maximum atomic E-state index is 4.88. The zero-order valence-electron chi connectivity index (χ0n) is 13.9. The molecule has 118 valence electrons. The van der Waals surface area contributed by atoms with Crippen molar-refractivity contribution >= 4 is 21.7 Å². The summed E-state index contributed by atoms with van der Waals surface area (Å²) in [5, 5.41) is 3.20. The van der Waals surface area contributed by atoms with Crippen LogP contribution in [0.5, 0.6) is 0 Å². The van der Waals surface area contributed by atoms with Gasteiger partial charge in [0.25, 0.3) is 0 Å². The average molecular weight is 354 g/mol. The summed E-state index contributed by atoms with van der Waals surface area (Å²) in [5.41, 5.74) is 1.12. The van der Waals surface area contributed by atoms with Crippen LogP contribution in [0.1, 0.15) is 76.7 Å². The fraction of sp³-hybridized carbons (Fsp3) is 0.765. The van der Waals surface area contributed by atoms with Crippen molar-refractivity contribution in [3.63, 3.8) is 0 Å². The van der Waals surface area contributed by atoms with Crippen molar-refractivity contribution in [3.8, 4) is 0 Å². The molecule has 21 heavy (non-hydrogen) atoms. The highest BCUT2D eigenvalue weighted by atomic mass is 79.9. The topological polar surface area (TPSA) is 37.8 Å². The second kappa shape index (κ2) is 7.08. The molecule has 3 nitrogen and oxygen atoms in total. The van der Waals surface area contributed by atoms with Crippen molar-refractivity contribution < 1.29 is 0 Å². The van der Waals surface area contributed by atoms with Crippen LogP contribution in [0.3, 0.4) is 0 Å². The molecule has 2 rings (SSSR count). The Labute approximate surface area is 137 Å². The Kier molecular flexibility index (Phi) is 5.64. The molecule has 1 aliphatic rings. The molecule has 0 aromatic carbocycles. The van der Waals surface area contributed by atoms with Crippen molar-refractivity contribution in [1.82, 2.24) is 9.97 Å². The number of nitrogens with zero attached hydrogens (tertiary/aromatic N) is 2. The van der Waals surface area contributed by atoms with Crippen molar-refractivity contribution in [2.24, 2.45) is 11.8 Å². The third kappa shape index (κ3) is 3.77. The SMILES string of the molecule is CNc1nc(C2CCC(C(C)C)CC2)nc(C(C)C)c1Br. The van der Waals surface area contributed by atoms with Crippen molar-refractivity contribution in [3.05, 3.63) is 16.0 Å². The van der Waals surface area contributed by atoms with Gasteiger partial charge in [0.15, 0.2) is 0 Å². The van der Waals surface area contributed by atoms with Crippen LogP contribution in [-0.2, 0) is 0 Å². The molecule has 1 heterocycles. The number of halogens is 1. The van der Waals surface area contributed by atoms with Crippen LogP contribution in [-0.4, -0.2) is 17.0 Å². The smallest absolute Gasteiger partial charge is 0.144 e. The van der Waals surface area contributed by atoms with Crippen LogP contribution < -0.4 is 5.32 Å². The highest BCUT2D eigenvalue weighted by Gasteiger charge is 2.27. The number of hydrogen-bond donors (Lipinski definition) is 1. The largest absolute Gasteiger partial charge is 0.372 e. The first-order valence-electron chi connectivity index (χ1n) is 8.19. The van der Waals surface area contributed by atoms with E-state index in [2.05, 4.69) is 48.9 Å². The number of nitrogens with one attached hydrogen (secondary N) is 1. The summed E-state index contributed by atoms with van der Waals surface area (Å²) < 4.78 is 1.01. The molecule has 1 saturated carbocycles. The molecule has 1 N–H and O–H groups in total. The highest BCUT2D eigenvalue weighted by molar-refractivity contribution is 9.10. The van der Waals surface area contributed by atoms with Gasteiger partial charge in [0.1, 0.15) is 11.6 Å². The van der Waals surface area contributed by atoms with E-state index in [4.69, 9.17) is 9.97 Å². The summed E-state index contributed by atoms with van der Waals surface area (Å²) in [4.78, 5) is 9.63. The van der Waals surface area contributed by atoms with Crippen LogP contribution in [0.2, 0.25) is 0 Å². The normalized spacial score (nSPS) is 22.9. The lowest BCUT2D eigenvalue weighted by atomic mass is 9.76. The summed E-state index contributed by atoms with van der Waals surface area (Å²) in [6.45, 7) is 9.06. The number of aromatic nitrogens is 2. The molecular weight excluding hydrogens is 326 g/mol. The summed E-state index contributed by atoms with van der Waals surface area (Å²) in [6.07, 6.45) is 5.08. The van der Waals surface area contributed by atoms with Gasteiger partial charge < -0.3 is 5.32 Å². The first-order valence-corrected chi connectivity index (χ1v) is 8.98. The molecule has 4 heteroatoms. The first kappa shape index (κ1) is 16.7. The molecule has 0 saturated heterocycles. The van der Waals surface area contributed by atoms with E-state index in [1.165, 1.54) is 25.7 Å². The maximum Gasteiger partial charge on any atom is 0.144 e. The second-order valence-corrected chi connectivity index (χ2v) is 7.68. The van der Waals surface area contributed by atoms with Crippen LogP contribution in [0.15, 0.2) is 4.47 Å². The third-order valence-electron chi connectivity index (χ3n) is 4.76. The minimum Gasteiger partial charge on any atom is -0.372 e. The van der Waals surface area contributed by atoms with E-state index in [0.717, 1.165) is 33.6 Å². The summed E-state index contributed by atoms with van der Waals surface area (Å²) >= 11 is 3.64. The number of hydrogen-bond acceptors (Lipinski definition) is 3. The van der Waals surface area contributed by atoms with Crippen molar-refractivity contribution in [2.45, 2.75) is 65.2 Å². The van der Waals surface area contributed by atoms with Crippen LogP contribution in [0.4, 0.5) is 5.82 Å².